The van der Waals surface area contributed by atoms with Crippen LogP contribution in [0.25, 0.3) is 31.8 Å². The lowest BCUT2D eigenvalue weighted by Gasteiger charge is -2.46. The molecule has 1 unspecified atom stereocenters. The molecule has 2 aromatic heterocycles. The van der Waals surface area contributed by atoms with Gasteiger partial charge in [-0.3, -0.25) is 0 Å². The molecule has 1 N–H and O–H groups in total. The summed E-state index contributed by atoms with van der Waals surface area (Å²) in [7, 11) is 3.25. The van der Waals surface area contributed by atoms with Gasteiger partial charge in [-0.2, -0.15) is 0 Å². The van der Waals surface area contributed by atoms with Crippen molar-refractivity contribution in [1.29, 1.82) is 0 Å². The predicted octanol–water partition coefficient (Wildman–Crippen LogP) is 6.39. The third-order valence-electron chi connectivity index (χ3n) is 7.35. The first-order valence-electron chi connectivity index (χ1n) is 12.1. The number of ether oxygens (including phenoxy) is 2. The SMILES string of the molecule is COc1cc(C(O)C2(c3ccccc3)CCC2)c2nc(-c3cc(C)cc4nc(OC)cnc34)sc2c1. The summed E-state index contributed by atoms with van der Waals surface area (Å²) < 4.78 is 11.9. The number of benzene rings is 3. The summed E-state index contributed by atoms with van der Waals surface area (Å²) in [5.74, 6) is 1.19. The molecule has 3 aromatic carbocycles. The standard InChI is InChI=1S/C29H27N3O3S/c1-17-12-21(25-22(13-17)31-24(35-3)16-30-25)28-32-26-20(14-19(34-2)15-23(26)36-28)27(33)29(10-7-11-29)18-8-5-4-6-9-18/h4-6,8-9,12-16,27,33H,7,10-11H2,1-3H3. The van der Waals surface area contributed by atoms with Gasteiger partial charge < -0.3 is 14.6 Å². The average molecular weight is 498 g/mol. The van der Waals surface area contributed by atoms with E-state index in [9.17, 15) is 5.11 Å². The van der Waals surface area contributed by atoms with E-state index in [1.807, 2.05) is 43.3 Å². The summed E-state index contributed by atoms with van der Waals surface area (Å²) in [6.07, 6.45) is 3.91. The fourth-order valence-electron chi connectivity index (χ4n) is 5.33. The van der Waals surface area contributed by atoms with Gasteiger partial charge in [0.2, 0.25) is 5.88 Å². The van der Waals surface area contributed by atoms with Crippen LogP contribution in [0.15, 0.2) is 60.8 Å². The van der Waals surface area contributed by atoms with E-state index in [1.54, 1.807) is 31.8 Å². The van der Waals surface area contributed by atoms with Crippen molar-refractivity contribution in [3.05, 3.63) is 77.5 Å². The normalized spacial score (nSPS) is 15.6. The maximum atomic E-state index is 11.9. The highest BCUT2D eigenvalue weighted by Crippen LogP contribution is 2.53. The van der Waals surface area contributed by atoms with Crippen LogP contribution in [-0.2, 0) is 5.41 Å². The van der Waals surface area contributed by atoms with E-state index in [-0.39, 0.29) is 5.41 Å². The van der Waals surface area contributed by atoms with E-state index in [4.69, 9.17) is 14.5 Å². The minimum atomic E-state index is -0.695. The zero-order valence-electron chi connectivity index (χ0n) is 20.5. The number of rotatable bonds is 6. The Morgan fingerprint density at radius 3 is 2.47 bits per heavy atom. The minimum Gasteiger partial charge on any atom is -0.497 e. The molecule has 0 amide bonds. The van der Waals surface area contributed by atoms with Gasteiger partial charge in [0.1, 0.15) is 10.8 Å². The number of nitrogens with zero attached hydrogens (tertiary/aromatic N) is 3. The van der Waals surface area contributed by atoms with Crippen molar-refractivity contribution in [2.45, 2.75) is 37.7 Å². The quantitative estimate of drug-likeness (QED) is 0.293. The molecular weight excluding hydrogens is 470 g/mol. The highest BCUT2D eigenvalue weighted by atomic mass is 32.1. The topological polar surface area (TPSA) is 77.4 Å². The minimum absolute atomic E-state index is 0.317. The number of aryl methyl sites for hydroxylation is 1. The number of aromatic nitrogens is 3. The van der Waals surface area contributed by atoms with Crippen molar-refractivity contribution in [2.24, 2.45) is 0 Å². The van der Waals surface area contributed by atoms with Crippen molar-refractivity contribution < 1.29 is 14.6 Å². The molecule has 1 atom stereocenters. The lowest BCUT2D eigenvalue weighted by atomic mass is 9.60. The van der Waals surface area contributed by atoms with Crippen LogP contribution in [0.5, 0.6) is 11.6 Å². The molecule has 1 aliphatic carbocycles. The molecule has 1 saturated carbocycles. The van der Waals surface area contributed by atoms with Crippen LogP contribution < -0.4 is 9.47 Å². The molecule has 6 rings (SSSR count). The second-order valence-corrected chi connectivity index (χ2v) is 10.5. The Morgan fingerprint density at radius 1 is 0.972 bits per heavy atom. The largest absolute Gasteiger partial charge is 0.497 e. The highest BCUT2D eigenvalue weighted by Gasteiger charge is 2.46. The van der Waals surface area contributed by atoms with Crippen LogP contribution in [0, 0.1) is 6.92 Å². The second-order valence-electron chi connectivity index (χ2n) is 9.45. The molecule has 36 heavy (non-hydrogen) atoms. The van der Waals surface area contributed by atoms with Crippen LogP contribution >= 0.6 is 11.3 Å². The van der Waals surface area contributed by atoms with Crippen molar-refractivity contribution in [2.75, 3.05) is 14.2 Å². The Morgan fingerprint density at radius 2 is 1.78 bits per heavy atom. The Hall–Kier alpha value is -3.55. The molecule has 1 aliphatic rings. The van der Waals surface area contributed by atoms with Gasteiger partial charge in [-0.05, 0) is 55.2 Å². The first-order valence-corrected chi connectivity index (χ1v) is 12.9. The van der Waals surface area contributed by atoms with E-state index in [0.717, 1.165) is 62.2 Å². The Balaban J connectivity index is 1.53. The third kappa shape index (κ3) is 3.62. The molecule has 0 saturated heterocycles. The van der Waals surface area contributed by atoms with Gasteiger partial charge in [-0.1, -0.05) is 36.8 Å². The van der Waals surface area contributed by atoms with E-state index < -0.39 is 6.10 Å². The van der Waals surface area contributed by atoms with Gasteiger partial charge in [-0.25, -0.2) is 15.0 Å². The molecule has 0 bridgehead atoms. The van der Waals surface area contributed by atoms with Gasteiger partial charge in [0.05, 0.1) is 47.8 Å². The zero-order chi connectivity index (χ0) is 24.9. The maximum absolute atomic E-state index is 11.9. The molecular formula is C29H27N3O3S. The van der Waals surface area contributed by atoms with Crippen molar-refractivity contribution in [3.8, 4) is 22.2 Å². The maximum Gasteiger partial charge on any atom is 0.232 e. The molecule has 0 spiro atoms. The lowest BCUT2D eigenvalue weighted by Crippen LogP contribution is -2.40. The summed E-state index contributed by atoms with van der Waals surface area (Å²) in [6.45, 7) is 2.04. The molecule has 5 aromatic rings. The highest BCUT2D eigenvalue weighted by molar-refractivity contribution is 7.21. The number of methoxy groups -OCH3 is 2. The van der Waals surface area contributed by atoms with Gasteiger partial charge in [0, 0.05) is 16.5 Å². The monoisotopic (exact) mass is 497 g/mol. The van der Waals surface area contributed by atoms with Gasteiger partial charge in [-0.15, -0.1) is 11.3 Å². The number of aliphatic hydroxyl groups is 1. The molecule has 0 aliphatic heterocycles. The summed E-state index contributed by atoms with van der Waals surface area (Å²) in [4.78, 5) is 14.3. The van der Waals surface area contributed by atoms with E-state index in [1.165, 1.54) is 5.56 Å². The number of aliphatic hydroxyl groups excluding tert-OH is 1. The van der Waals surface area contributed by atoms with Gasteiger partial charge >= 0.3 is 0 Å². The van der Waals surface area contributed by atoms with Crippen LogP contribution in [-0.4, -0.2) is 34.3 Å². The van der Waals surface area contributed by atoms with E-state index in [0.29, 0.717) is 11.6 Å². The number of thiazole rings is 1. The fourth-order valence-corrected chi connectivity index (χ4v) is 6.37. The van der Waals surface area contributed by atoms with E-state index >= 15 is 0 Å². The Labute approximate surface area is 213 Å². The first-order chi connectivity index (χ1) is 17.5. The average Bonchev–Trinajstić information content (AvgIpc) is 3.31. The van der Waals surface area contributed by atoms with E-state index in [2.05, 4.69) is 28.2 Å². The third-order valence-corrected chi connectivity index (χ3v) is 8.39. The predicted molar refractivity (Wildman–Crippen MR) is 143 cm³/mol. The van der Waals surface area contributed by atoms with Crippen molar-refractivity contribution in [1.82, 2.24) is 15.0 Å². The number of hydrogen-bond acceptors (Lipinski definition) is 7. The molecule has 2 heterocycles. The molecule has 6 nitrogen and oxygen atoms in total. The van der Waals surface area contributed by atoms with Crippen molar-refractivity contribution >= 4 is 32.6 Å². The molecule has 182 valence electrons. The van der Waals surface area contributed by atoms with Crippen molar-refractivity contribution in [3.63, 3.8) is 0 Å². The molecule has 0 radical (unpaired) electrons. The van der Waals surface area contributed by atoms with Gasteiger partial charge in [0.15, 0.2) is 0 Å². The molecule has 1 fully saturated rings. The summed E-state index contributed by atoms with van der Waals surface area (Å²) in [6, 6.07) is 18.4. The summed E-state index contributed by atoms with van der Waals surface area (Å²) in [5, 5.41) is 12.7. The van der Waals surface area contributed by atoms with Gasteiger partial charge in [0.25, 0.3) is 0 Å². The van der Waals surface area contributed by atoms with Crippen LogP contribution in [0.1, 0.15) is 42.1 Å². The fraction of sp³-hybridized carbons (Fsp3) is 0.276. The van der Waals surface area contributed by atoms with Crippen LogP contribution in [0.3, 0.4) is 0 Å². The van der Waals surface area contributed by atoms with Crippen LogP contribution in [0.2, 0.25) is 0 Å². The second kappa shape index (κ2) is 8.84. The molecule has 7 heteroatoms. The lowest BCUT2D eigenvalue weighted by molar-refractivity contribution is 0.0276. The van der Waals surface area contributed by atoms with Crippen LogP contribution in [0.4, 0.5) is 0 Å². The Kier molecular flexibility index (Phi) is 5.62. The smallest absolute Gasteiger partial charge is 0.232 e. The summed E-state index contributed by atoms with van der Waals surface area (Å²) in [5.41, 5.74) is 5.98. The Bertz CT molecular complexity index is 1580. The number of fused-ring (bicyclic) bond motifs is 2. The first kappa shape index (κ1) is 22.9. The summed E-state index contributed by atoms with van der Waals surface area (Å²) >= 11 is 1.58. The zero-order valence-corrected chi connectivity index (χ0v) is 21.3. The number of hydrogen-bond donors (Lipinski definition) is 1.